The largest absolute Gasteiger partial charge is 0.493 e. The number of ether oxygens (including phenoxy) is 2. The van der Waals surface area contributed by atoms with Crippen LogP contribution in [0.5, 0.6) is 11.5 Å². The molecule has 0 radical (unpaired) electrons. The second-order valence-electron chi connectivity index (χ2n) is 4.58. The molecule has 1 aliphatic rings. The third-order valence-corrected chi connectivity index (χ3v) is 2.09. The first-order chi connectivity index (χ1) is 6.54. The third-order valence-electron chi connectivity index (χ3n) is 2.09. The topological polar surface area (TPSA) is 18.5 Å². The fourth-order valence-electron chi connectivity index (χ4n) is 1.56. The smallest absolute Gasteiger partial charge is 0.126 e. The van der Waals surface area contributed by atoms with E-state index in [1.165, 1.54) is 5.56 Å². The first-order valence-electron chi connectivity index (χ1n) is 4.99. The number of hydrogen-bond donors (Lipinski definition) is 0. The minimum Gasteiger partial charge on any atom is -0.493 e. The van der Waals surface area contributed by atoms with Crippen molar-refractivity contribution >= 4 is 0 Å². The van der Waals surface area contributed by atoms with Gasteiger partial charge in [0.1, 0.15) is 17.1 Å². The van der Waals surface area contributed by atoms with Crippen molar-refractivity contribution in [2.45, 2.75) is 32.8 Å². The Morgan fingerprint density at radius 3 is 2.79 bits per heavy atom. The standard InChI is InChI=1S/C12H16O2/c1-12(2,3)14-10-5-4-9-6-7-13-11(9)8-10/h4-5,8H,6-7H2,1-3H3. The Morgan fingerprint density at radius 2 is 2.07 bits per heavy atom. The summed E-state index contributed by atoms with van der Waals surface area (Å²) in [6, 6.07) is 6.08. The van der Waals surface area contributed by atoms with Crippen LogP contribution in [0.25, 0.3) is 0 Å². The Balaban J connectivity index is 2.21. The van der Waals surface area contributed by atoms with E-state index in [2.05, 4.69) is 6.07 Å². The van der Waals surface area contributed by atoms with Gasteiger partial charge in [-0.1, -0.05) is 6.07 Å². The highest BCUT2D eigenvalue weighted by Crippen LogP contribution is 2.30. The van der Waals surface area contributed by atoms with Crippen molar-refractivity contribution in [2.24, 2.45) is 0 Å². The second kappa shape index (κ2) is 3.19. The van der Waals surface area contributed by atoms with Gasteiger partial charge in [-0.05, 0) is 32.4 Å². The zero-order valence-electron chi connectivity index (χ0n) is 8.96. The minimum atomic E-state index is -0.146. The fourth-order valence-corrected chi connectivity index (χ4v) is 1.56. The first kappa shape index (κ1) is 9.38. The lowest BCUT2D eigenvalue weighted by atomic mass is 10.1. The second-order valence-corrected chi connectivity index (χ2v) is 4.58. The van der Waals surface area contributed by atoms with Crippen molar-refractivity contribution in [2.75, 3.05) is 6.61 Å². The van der Waals surface area contributed by atoms with E-state index >= 15 is 0 Å². The molecule has 1 heterocycles. The summed E-state index contributed by atoms with van der Waals surface area (Å²) in [5.74, 6) is 1.87. The minimum absolute atomic E-state index is 0.146. The van der Waals surface area contributed by atoms with Gasteiger partial charge in [0.15, 0.2) is 0 Å². The lowest BCUT2D eigenvalue weighted by Gasteiger charge is -2.21. The molecule has 0 amide bonds. The van der Waals surface area contributed by atoms with Crippen molar-refractivity contribution in [1.82, 2.24) is 0 Å². The van der Waals surface area contributed by atoms with Gasteiger partial charge in [0, 0.05) is 12.5 Å². The van der Waals surface area contributed by atoms with E-state index in [0.29, 0.717) is 0 Å². The average Bonchev–Trinajstić information content (AvgIpc) is 2.47. The monoisotopic (exact) mass is 192 g/mol. The van der Waals surface area contributed by atoms with Crippen LogP contribution in [0.1, 0.15) is 26.3 Å². The molecule has 2 nitrogen and oxygen atoms in total. The molecule has 0 fully saturated rings. The molecule has 2 rings (SSSR count). The van der Waals surface area contributed by atoms with E-state index in [1.807, 2.05) is 32.9 Å². The maximum atomic E-state index is 5.75. The van der Waals surface area contributed by atoms with Gasteiger partial charge in [0.25, 0.3) is 0 Å². The number of rotatable bonds is 1. The van der Waals surface area contributed by atoms with Crippen LogP contribution in [0.15, 0.2) is 18.2 Å². The molecule has 0 saturated heterocycles. The summed E-state index contributed by atoms with van der Waals surface area (Å²) in [5.41, 5.74) is 1.14. The summed E-state index contributed by atoms with van der Waals surface area (Å²) in [7, 11) is 0. The molecule has 1 aromatic rings. The average molecular weight is 192 g/mol. The van der Waals surface area contributed by atoms with Crippen LogP contribution >= 0.6 is 0 Å². The molecule has 0 spiro atoms. The van der Waals surface area contributed by atoms with Gasteiger partial charge in [-0.3, -0.25) is 0 Å². The van der Waals surface area contributed by atoms with Crippen LogP contribution in [0.3, 0.4) is 0 Å². The van der Waals surface area contributed by atoms with Gasteiger partial charge in [-0.15, -0.1) is 0 Å². The Morgan fingerprint density at radius 1 is 1.29 bits per heavy atom. The third kappa shape index (κ3) is 2.00. The van der Waals surface area contributed by atoms with Crippen LogP contribution in [0, 0.1) is 0 Å². The van der Waals surface area contributed by atoms with Crippen molar-refractivity contribution in [3.8, 4) is 11.5 Å². The molecule has 14 heavy (non-hydrogen) atoms. The molecule has 1 aliphatic heterocycles. The van der Waals surface area contributed by atoms with Crippen LogP contribution < -0.4 is 9.47 Å². The van der Waals surface area contributed by atoms with Gasteiger partial charge in [-0.2, -0.15) is 0 Å². The molecule has 0 saturated carbocycles. The van der Waals surface area contributed by atoms with Gasteiger partial charge >= 0.3 is 0 Å². The van der Waals surface area contributed by atoms with Crippen LogP contribution in [0.2, 0.25) is 0 Å². The molecule has 0 unspecified atom stereocenters. The zero-order valence-corrected chi connectivity index (χ0v) is 8.96. The molecule has 0 atom stereocenters. The quantitative estimate of drug-likeness (QED) is 0.681. The van der Waals surface area contributed by atoms with Gasteiger partial charge in [-0.25, -0.2) is 0 Å². The first-order valence-corrected chi connectivity index (χ1v) is 4.99. The van der Waals surface area contributed by atoms with Crippen molar-refractivity contribution < 1.29 is 9.47 Å². The highest BCUT2D eigenvalue weighted by Gasteiger charge is 2.16. The lowest BCUT2D eigenvalue weighted by molar-refractivity contribution is 0.130. The van der Waals surface area contributed by atoms with E-state index < -0.39 is 0 Å². The maximum absolute atomic E-state index is 5.75. The van der Waals surface area contributed by atoms with Crippen molar-refractivity contribution in [1.29, 1.82) is 0 Å². The van der Waals surface area contributed by atoms with Gasteiger partial charge in [0.2, 0.25) is 0 Å². The van der Waals surface area contributed by atoms with E-state index in [-0.39, 0.29) is 5.60 Å². The maximum Gasteiger partial charge on any atom is 0.126 e. The van der Waals surface area contributed by atoms with Crippen molar-refractivity contribution in [3.05, 3.63) is 23.8 Å². The highest BCUT2D eigenvalue weighted by molar-refractivity contribution is 5.42. The molecule has 76 valence electrons. The fraction of sp³-hybridized carbons (Fsp3) is 0.500. The number of benzene rings is 1. The van der Waals surface area contributed by atoms with E-state index in [9.17, 15) is 0 Å². The molecule has 0 aromatic heterocycles. The summed E-state index contributed by atoms with van der Waals surface area (Å²) in [4.78, 5) is 0. The molecule has 0 bridgehead atoms. The predicted molar refractivity (Wildman–Crippen MR) is 56.0 cm³/mol. The Bertz CT molecular complexity index is 337. The van der Waals surface area contributed by atoms with E-state index in [0.717, 1.165) is 24.5 Å². The van der Waals surface area contributed by atoms with E-state index in [4.69, 9.17) is 9.47 Å². The highest BCUT2D eigenvalue weighted by atomic mass is 16.5. The normalized spacial score (nSPS) is 14.8. The van der Waals surface area contributed by atoms with Gasteiger partial charge in [0.05, 0.1) is 6.61 Å². The summed E-state index contributed by atoms with van der Waals surface area (Å²) in [6.45, 7) is 6.93. The molecule has 2 heteroatoms. The molecule has 1 aromatic carbocycles. The zero-order chi connectivity index (χ0) is 10.2. The van der Waals surface area contributed by atoms with E-state index in [1.54, 1.807) is 0 Å². The molecular weight excluding hydrogens is 176 g/mol. The van der Waals surface area contributed by atoms with Gasteiger partial charge < -0.3 is 9.47 Å². The Hall–Kier alpha value is -1.18. The summed E-state index contributed by atoms with van der Waals surface area (Å²) >= 11 is 0. The summed E-state index contributed by atoms with van der Waals surface area (Å²) in [6.07, 6.45) is 1.02. The predicted octanol–water partition coefficient (Wildman–Crippen LogP) is 2.80. The van der Waals surface area contributed by atoms with Crippen LogP contribution in [-0.2, 0) is 6.42 Å². The molecule has 0 N–H and O–H groups in total. The molecular formula is C12H16O2. The Kier molecular flexibility index (Phi) is 2.14. The Labute approximate surface area is 84.8 Å². The van der Waals surface area contributed by atoms with Crippen LogP contribution in [-0.4, -0.2) is 12.2 Å². The SMILES string of the molecule is CC(C)(C)Oc1ccc2c(c1)OCC2. The molecule has 0 aliphatic carbocycles. The van der Waals surface area contributed by atoms with Crippen LogP contribution in [0.4, 0.5) is 0 Å². The number of fused-ring (bicyclic) bond motifs is 1. The summed E-state index contributed by atoms with van der Waals surface area (Å²) in [5, 5.41) is 0. The number of hydrogen-bond acceptors (Lipinski definition) is 2. The van der Waals surface area contributed by atoms with Crippen molar-refractivity contribution in [3.63, 3.8) is 0 Å². The lowest BCUT2D eigenvalue weighted by Crippen LogP contribution is -2.22. The summed E-state index contributed by atoms with van der Waals surface area (Å²) < 4.78 is 11.2.